The van der Waals surface area contributed by atoms with Gasteiger partial charge in [0.05, 0.1) is 12.6 Å². The van der Waals surface area contributed by atoms with Gasteiger partial charge in [-0.2, -0.15) is 12.6 Å². The van der Waals surface area contributed by atoms with Crippen molar-refractivity contribution in [2.45, 2.75) is 13.0 Å². The van der Waals surface area contributed by atoms with Gasteiger partial charge in [0.1, 0.15) is 0 Å². The molecule has 0 aromatic rings. The Morgan fingerprint density at radius 3 is 2.53 bits per heavy atom. The fraction of sp³-hybridized carbons (Fsp3) is 0.571. The van der Waals surface area contributed by atoms with Crippen LogP contribution < -0.4 is 21.9 Å². The average molecular weight is 250 g/mol. The SMILES string of the molecule is CC(=O)C(CS)NC(=O)CNNC(N)=S. The summed E-state index contributed by atoms with van der Waals surface area (Å²) in [6, 6.07) is -0.563. The van der Waals surface area contributed by atoms with Crippen molar-refractivity contribution < 1.29 is 9.59 Å². The van der Waals surface area contributed by atoms with Crippen molar-refractivity contribution >= 4 is 41.6 Å². The zero-order valence-corrected chi connectivity index (χ0v) is 9.95. The molecule has 0 aromatic heterocycles. The van der Waals surface area contributed by atoms with Gasteiger partial charge in [-0.05, 0) is 19.1 Å². The van der Waals surface area contributed by atoms with Crippen molar-refractivity contribution in [3.05, 3.63) is 0 Å². The van der Waals surface area contributed by atoms with Crippen LogP contribution >= 0.6 is 24.8 Å². The maximum Gasteiger partial charge on any atom is 0.236 e. The first-order chi connectivity index (χ1) is 6.97. The molecule has 15 heavy (non-hydrogen) atoms. The second kappa shape index (κ2) is 7.43. The van der Waals surface area contributed by atoms with Crippen molar-refractivity contribution in [1.82, 2.24) is 16.2 Å². The number of nitrogens with one attached hydrogen (secondary N) is 3. The van der Waals surface area contributed by atoms with Crippen LogP contribution in [0.2, 0.25) is 0 Å². The predicted molar refractivity (Wildman–Crippen MR) is 64.4 cm³/mol. The lowest BCUT2D eigenvalue weighted by Gasteiger charge is -2.13. The van der Waals surface area contributed by atoms with Crippen LogP contribution in [0.4, 0.5) is 0 Å². The molecule has 0 aliphatic rings. The van der Waals surface area contributed by atoms with Gasteiger partial charge < -0.3 is 11.1 Å². The van der Waals surface area contributed by atoms with E-state index in [2.05, 4.69) is 41.0 Å². The summed E-state index contributed by atoms with van der Waals surface area (Å²) in [7, 11) is 0. The lowest BCUT2D eigenvalue weighted by molar-refractivity contribution is -0.125. The van der Waals surface area contributed by atoms with Gasteiger partial charge in [0.2, 0.25) is 5.91 Å². The molecule has 0 saturated heterocycles. The molecule has 0 bridgehead atoms. The largest absolute Gasteiger partial charge is 0.375 e. The fourth-order valence-electron chi connectivity index (χ4n) is 0.733. The number of carbonyl (C=O) groups is 2. The number of hydrogen-bond donors (Lipinski definition) is 5. The average Bonchev–Trinajstić information content (AvgIpc) is 2.13. The molecule has 6 nitrogen and oxygen atoms in total. The maximum absolute atomic E-state index is 11.2. The molecule has 1 amide bonds. The summed E-state index contributed by atoms with van der Waals surface area (Å²) in [5, 5.41) is 2.53. The summed E-state index contributed by atoms with van der Waals surface area (Å²) >= 11 is 8.45. The summed E-state index contributed by atoms with van der Waals surface area (Å²) in [5.74, 6) is -0.210. The highest BCUT2D eigenvalue weighted by Gasteiger charge is 2.14. The summed E-state index contributed by atoms with van der Waals surface area (Å²) in [5.41, 5.74) is 9.99. The Morgan fingerprint density at radius 1 is 1.53 bits per heavy atom. The molecule has 0 spiro atoms. The third-order valence-electron chi connectivity index (χ3n) is 1.47. The van der Waals surface area contributed by atoms with Crippen molar-refractivity contribution in [3.63, 3.8) is 0 Å². The minimum atomic E-state index is -0.563. The Balaban J connectivity index is 3.81. The molecule has 0 fully saturated rings. The molecule has 86 valence electrons. The first-order valence-corrected chi connectivity index (χ1v) is 5.20. The molecular formula is C7H14N4O2S2. The Bertz CT molecular complexity index is 259. The number of carbonyl (C=O) groups excluding carboxylic acids is 2. The van der Waals surface area contributed by atoms with Gasteiger partial charge in [-0.25, -0.2) is 5.43 Å². The molecule has 0 aliphatic carbocycles. The number of rotatable bonds is 6. The van der Waals surface area contributed by atoms with E-state index < -0.39 is 6.04 Å². The summed E-state index contributed by atoms with van der Waals surface area (Å²) < 4.78 is 0. The van der Waals surface area contributed by atoms with Crippen molar-refractivity contribution in [3.8, 4) is 0 Å². The topological polar surface area (TPSA) is 96.2 Å². The number of Topliss-reactive ketones (excluding diaryl/α,β-unsaturated/α-hetero) is 1. The molecule has 1 unspecified atom stereocenters. The van der Waals surface area contributed by atoms with Gasteiger partial charge in [-0.3, -0.25) is 15.0 Å². The normalized spacial score (nSPS) is 11.6. The van der Waals surface area contributed by atoms with Crippen molar-refractivity contribution in [2.75, 3.05) is 12.3 Å². The first kappa shape index (κ1) is 14.1. The quantitative estimate of drug-likeness (QED) is 0.220. The number of amides is 1. The van der Waals surface area contributed by atoms with E-state index in [-0.39, 0.29) is 29.1 Å². The Morgan fingerprint density at radius 2 is 2.13 bits per heavy atom. The highest BCUT2D eigenvalue weighted by Crippen LogP contribution is 1.89. The number of thiol groups is 1. The van der Waals surface area contributed by atoms with Gasteiger partial charge in [0.15, 0.2) is 10.9 Å². The van der Waals surface area contributed by atoms with Crippen LogP contribution in [0.5, 0.6) is 0 Å². The van der Waals surface area contributed by atoms with E-state index in [1.807, 2.05) is 0 Å². The number of hydrazine groups is 1. The molecule has 8 heteroatoms. The monoisotopic (exact) mass is 250 g/mol. The van der Waals surface area contributed by atoms with Crippen molar-refractivity contribution in [1.29, 1.82) is 0 Å². The lowest BCUT2D eigenvalue weighted by atomic mass is 10.2. The van der Waals surface area contributed by atoms with Gasteiger partial charge in [0.25, 0.3) is 0 Å². The number of nitrogens with two attached hydrogens (primary N) is 1. The highest BCUT2D eigenvalue weighted by molar-refractivity contribution is 7.80. The number of ketones is 1. The Kier molecular flexibility index (Phi) is 7.01. The van der Waals surface area contributed by atoms with E-state index in [1.54, 1.807) is 0 Å². The molecule has 1 atom stereocenters. The van der Waals surface area contributed by atoms with Gasteiger partial charge in [0, 0.05) is 5.75 Å². The zero-order chi connectivity index (χ0) is 11.8. The second-order valence-corrected chi connectivity index (χ2v) is 3.56. The summed E-state index contributed by atoms with van der Waals surface area (Å²) in [4.78, 5) is 22.2. The van der Waals surface area contributed by atoms with Crippen LogP contribution in [0.15, 0.2) is 0 Å². The van der Waals surface area contributed by atoms with E-state index >= 15 is 0 Å². The minimum Gasteiger partial charge on any atom is -0.375 e. The van der Waals surface area contributed by atoms with Gasteiger partial charge in [-0.1, -0.05) is 0 Å². The van der Waals surface area contributed by atoms with Crippen molar-refractivity contribution in [2.24, 2.45) is 5.73 Å². The number of thiocarbonyl (C=S) groups is 1. The molecule has 5 N–H and O–H groups in total. The second-order valence-electron chi connectivity index (χ2n) is 2.76. The summed E-state index contributed by atoms with van der Waals surface area (Å²) in [6.45, 7) is 1.36. The summed E-state index contributed by atoms with van der Waals surface area (Å²) in [6.07, 6.45) is 0. The van der Waals surface area contributed by atoms with Gasteiger partial charge >= 0.3 is 0 Å². The van der Waals surface area contributed by atoms with E-state index in [0.717, 1.165) is 0 Å². The molecule has 0 saturated carbocycles. The third kappa shape index (κ3) is 7.11. The van der Waals surface area contributed by atoms with Crippen LogP contribution in [0.1, 0.15) is 6.92 Å². The van der Waals surface area contributed by atoms with E-state index in [0.29, 0.717) is 0 Å². The Labute approximate surface area is 98.7 Å². The molecular weight excluding hydrogens is 236 g/mol. The van der Waals surface area contributed by atoms with Crippen LogP contribution in [-0.2, 0) is 9.59 Å². The van der Waals surface area contributed by atoms with Crippen LogP contribution in [0, 0.1) is 0 Å². The fourth-order valence-corrected chi connectivity index (χ4v) is 1.15. The smallest absolute Gasteiger partial charge is 0.236 e. The highest BCUT2D eigenvalue weighted by atomic mass is 32.1. The molecule has 0 heterocycles. The lowest BCUT2D eigenvalue weighted by Crippen LogP contribution is -2.49. The van der Waals surface area contributed by atoms with E-state index in [4.69, 9.17) is 5.73 Å². The van der Waals surface area contributed by atoms with Crippen LogP contribution in [-0.4, -0.2) is 35.1 Å². The third-order valence-corrected chi connectivity index (χ3v) is 1.94. The standard InChI is InChI=1S/C7H14N4O2S2/c1-4(12)5(3-14)10-6(13)2-9-11-7(8)15/h5,9,14H,2-3H2,1H3,(H,10,13)(H3,8,11,15). The van der Waals surface area contributed by atoms with Crippen LogP contribution in [0.3, 0.4) is 0 Å². The predicted octanol–water partition coefficient (Wildman–Crippen LogP) is -1.67. The first-order valence-electron chi connectivity index (χ1n) is 4.16. The molecule has 0 radical (unpaired) electrons. The van der Waals surface area contributed by atoms with E-state index in [1.165, 1.54) is 6.92 Å². The molecule has 0 rings (SSSR count). The molecule has 0 aliphatic heterocycles. The number of hydrogen-bond acceptors (Lipinski definition) is 5. The maximum atomic E-state index is 11.2. The Hall–Kier alpha value is -0.860. The van der Waals surface area contributed by atoms with E-state index in [9.17, 15) is 9.59 Å². The minimum absolute atomic E-state index is 0.0328. The van der Waals surface area contributed by atoms with Gasteiger partial charge in [-0.15, -0.1) is 0 Å². The van der Waals surface area contributed by atoms with Crippen LogP contribution in [0.25, 0.3) is 0 Å². The molecule has 0 aromatic carbocycles. The zero-order valence-electron chi connectivity index (χ0n) is 8.24.